The largest absolute Gasteiger partial charge is 0.381 e. The van der Waals surface area contributed by atoms with Crippen LogP contribution in [0.15, 0.2) is 30.3 Å². The van der Waals surface area contributed by atoms with Gasteiger partial charge in [0.05, 0.1) is 17.4 Å². The molecule has 1 aromatic rings. The molecule has 2 fully saturated rings. The van der Waals surface area contributed by atoms with E-state index in [1.54, 1.807) is 0 Å². The number of hydrogen-bond donors (Lipinski definition) is 2. The predicted molar refractivity (Wildman–Crippen MR) is 92.5 cm³/mol. The lowest BCUT2D eigenvalue weighted by atomic mass is 9.79. The zero-order chi connectivity index (χ0) is 17.7. The number of rotatable bonds is 5. The maximum atomic E-state index is 12.8. The van der Waals surface area contributed by atoms with E-state index < -0.39 is 5.41 Å². The minimum atomic E-state index is -0.703. The molecule has 0 spiro atoms. The monoisotopic (exact) mass is 346 g/mol. The molecule has 3 N–H and O–H groups in total. The SMILES string of the molecule is NC(=O)C1(CNC(=O)[C@H]2CCCO[C@H]2c2ccccc2)CCOCC1. The molecule has 3 rings (SSSR count). The molecule has 1 aromatic carbocycles. The Hall–Kier alpha value is -1.92. The van der Waals surface area contributed by atoms with Crippen molar-refractivity contribution < 1.29 is 19.1 Å². The van der Waals surface area contributed by atoms with Gasteiger partial charge in [0.15, 0.2) is 0 Å². The van der Waals surface area contributed by atoms with E-state index in [9.17, 15) is 9.59 Å². The summed E-state index contributed by atoms with van der Waals surface area (Å²) in [6.07, 6.45) is 2.49. The second-order valence-electron chi connectivity index (χ2n) is 6.93. The van der Waals surface area contributed by atoms with Crippen LogP contribution in [0.3, 0.4) is 0 Å². The lowest BCUT2D eigenvalue weighted by Gasteiger charge is -2.36. The third-order valence-electron chi connectivity index (χ3n) is 5.36. The number of benzene rings is 1. The van der Waals surface area contributed by atoms with Gasteiger partial charge in [0.25, 0.3) is 0 Å². The summed E-state index contributed by atoms with van der Waals surface area (Å²) in [7, 11) is 0. The lowest BCUT2D eigenvalue weighted by molar-refractivity contribution is -0.138. The highest BCUT2D eigenvalue weighted by atomic mass is 16.5. The van der Waals surface area contributed by atoms with E-state index in [0.29, 0.717) is 32.7 Å². The quantitative estimate of drug-likeness (QED) is 0.846. The third kappa shape index (κ3) is 4.02. The molecule has 2 amide bonds. The number of amides is 2. The van der Waals surface area contributed by atoms with Gasteiger partial charge in [0.1, 0.15) is 0 Å². The average Bonchev–Trinajstić information content (AvgIpc) is 2.67. The van der Waals surface area contributed by atoms with E-state index in [2.05, 4.69) is 5.32 Å². The summed E-state index contributed by atoms with van der Waals surface area (Å²) in [4.78, 5) is 24.8. The third-order valence-corrected chi connectivity index (χ3v) is 5.36. The molecule has 136 valence electrons. The maximum absolute atomic E-state index is 12.8. The van der Waals surface area contributed by atoms with Crippen LogP contribution < -0.4 is 11.1 Å². The fourth-order valence-electron chi connectivity index (χ4n) is 3.68. The Labute approximate surface area is 148 Å². The van der Waals surface area contributed by atoms with Crippen LogP contribution in [0, 0.1) is 11.3 Å². The standard InChI is InChI=1S/C19H26N2O4/c20-18(23)19(8-11-24-12-9-19)13-21-17(22)15-7-4-10-25-16(15)14-5-2-1-3-6-14/h1-3,5-6,15-16H,4,7-13H2,(H2,20,23)(H,21,22)/t15-,16-/m0/s1. The van der Waals surface area contributed by atoms with E-state index >= 15 is 0 Å². The van der Waals surface area contributed by atoms with E-state index in [4.69, 9.17) is 15.2 Å². The Balaban J connectivity index is 1.67. The zero-order valence-corrected chi connectivity index (χ0v) is 14.4. The molecule has 0 radical (unpaired) electrons. The molecule has 0 saturated carbocycles. The Kier molecular flexibility index (Phi) is 5.71. The summed E-state index contributed by atoms with van der Waals surface area (Å²) in [5, 5.41) is 2.97. The van der Waals surface area contributed by atoms with Crippen molar-refractivity contribution in [1.29, 1.82) is 0 Å². The number of carbonyl (C=O) groups is 2. The van der Waals surface area contributed by atoms with E-state index in [1.807, 2.05) is 30.3 Å². The molecular weight excluding hydrogens is 320 g/mol. The van der Waals surface area contributed by atoms with Gasteiger partial charge in [0.2, 0.25) is 11.8 Å². The molecule has 2 saturated heterocycles. The van der Waals surface area contributed by atoms with Gasteiger partial charge in [-0.2, -0.15) is 0 Å². The summed E-state index contributed by atoms with van der Waals surface area (Å²) in [6.45, 7) is 1.92. The molecule has 0 aromatic heterocycles. The molecule has 6 nitrogen and oxygen atoms in total. The minimum absolute atomic E-state index is 0.0688. The molecule has 2 aliphatic heterocycles. The highest BCUT2D eigenvalue weighted by molar-refractivity contribution is 5.84. The van der Waals surface area contributed by atoms with Gasteiger partial charge < -0.3 is 20.5 Å². The molecule has 2 atom stereocenters. The van der Waals surface area contributed by atoms with Crippen molar-refractivity contribution >= 4 is 11.8 Å². The Morgan fingerprint density at radius 2 is 1.88 bits per heavy atom. The molecule has 2 heterocycles. The van der Waals surface area contributed by atoms with Crippen molar-refractivity contribution in [2.24, 2.45) is 17.1 Å². The molecule has 6 heteroatoms. The summed E-state index contributed by atoms with van der Waals surface area (Å²) in [5.74, 6) is -0.683. The Morgan fingerprint density at radius 3 is 2.56 bits per heavy atom. The summed E-state index contributed by atoms with van der Waals surface area (Å²) < 4.78 is 11.2. The first kappa shape index (κ1) is 17.9. The van der Waals surface area contributed by atoms with Crippen LogP contribution in [0.4, 0.5) is 0 Å². The van der Waals surface area contributed by atoms with Crippen molar-refractivity contribution in [2.45, 2.75) is 31.8 Å². The normalized spacial score (nSPS) is 25.9. The van der Waals surface area contributed by atoms with Gasteiger partial charge in [-0.3, -0.25) is 9.59 Å². The molecule has 2 aliphatic rings. The molecule has 25 heavy (non-hydrogen) atoms. The van der Waals surface area contributed by atoms with Gasteiger partial charge in [-0.1, -0.05) is 30.3 Å². The first-order chi connectivity index (χ1) is 12.1. The molecular formula is C19H26N2O4. The van der Waals surface area contributed by atoms with E-state index in [-0.39, 0.29) is 30.4 Å². The smallest absolute Gasteiger partial charge is 0.226 e. The summed E-state index contributed by atoms with van der Waals surface area (Å²) in [6, 6.07) is 9.82. The second kappa shape index (κ2) is 7.97. The highest BCUT2D eigenvalue weighted by Gasteiger charge is 2.40. The number of nitrogens with two attached hydrogens (primary N) is 1. The average molecular weight is 346 g/mol. The van der Waals surface area contributed by atoms with Crippen LogP contribution in [0.2, 0.25) is 0 Å². The van der Waals surface area contributed by atoms with Gasteiger partial charge >= 0.3 is 0 Å². The first-order valence-electron chi connectivity index (χ1n) is 8.94. The number of ether oxygens (including phenoxy) is 2. The Bertz CT molecular complexity index is 599. The summed E-state index contributed by atoms with van der Waals surface area (Å²) in [5.41, 5.74) is 5.92. The molecule has 0 bridgehead atoms. The van der Waals surface area contributed by atoms with Gasteiger partial charge in [-0.25, -0.2) is 0 Å². The van der Waals surface area contributed by atoms with Crippen molar-refractivity contribution in [3.8, 4) is 0 Å². The lowest BCUT2D eigenvalue weighted by Crippen LogP contribution is -2.51. The summed E-state index contributed by atoms with van der Waals surface area (Å²) >= 11 is 0. The van der Waals surface area contributed by atoms with Crippen LogP contribution in [0.1, 0.15) is 37.4 Å². The van der Waals surface area contributed by atoms with Crippen molar-refractivity contribution in [2.75, 3.05) is 26.4 Å². The van der Waals surface area contributed by atoms with Crippen LogP contribution in [0.5, 0.6) is 0 Å². The first-order valence-corrected chi connectivity index (χ1v) is 8.94. The Morgan fingerprint density at radius 1 is 1.16 bits per heavy atom. The second-order valence-corrected chi connectivity index (χ2v) is 6.93. The predicted octanol–water partition coefficient (Wildman–Crippen LogP) is 1.55. The number of hydrogen-bond acceptors (Lipinski definition) is 4. The topological polar surface area (TPSA) is 90.7 Å². The van der Waals surface area contributed by atoms with Crippen molar-refractivity contribution in [3.63, 3.8) is 0 Å². The minimum Gasteiger partial charge on any atom is -0.381 e. The highest BCUT2D eigenvalue weighted by Crippen LogP contribution is 2.34. The molecule has 0 aliphatic carbocycles. The molecule has 0 unspecified atom stereocenters. The van der Waals surface area contributed by atoms with Crippen LogP contribution in [0.25, 0.3) is 0 Å². The number of carbonyl (C=O) groups excluding carboxylic acids is 2. The van der Waals surface area contributed by atoms with Gasteiger partial charge in [0, 0.05) is 26.4 Å². The van der Waals surface area contributed by atoms with Crippen LogP contribution in [-0.4, -0.2) is 38.2 Å². The maximum Gasteiger partial charge on any atom is 0.226 e. The van der Waals surface area contributed by atoms with Crippen molar-refractivity contribution in [3.05, 3.63) is 35.9 Å². The fourth-order valence-corrected chi connectivity index (χ4v) is 3.68. The fraction of sp³-hybridized carbons (Fsp3) is 0.579. The van der Waals surface area contributed by atoms with Crippen LogP contribution >= 0.6 is 0 Å². The number of primary amides is 1. The zero-order valence-electron chi connectivity index (χ0n) is 14.4. The van der Waals surface area contributed by atoms with E-state index in [0.717, 1.165) is 18.4 Å². The van der Waals surface area contributed by atoms with Crippen molar-refractivity contribution in [1.82, 2.24) is 5.32 Å². The van der Waals surface area contributed by atoms with E-state index in [1.165, 1.54) is 0 Å². The number of nitrogens with one attached hydrogen (secondary N) is 1. The van der Waals surface area contributed by atoms with Gasteiger partial charge in [-0.15, -0.1) is 0 Å². The van der Waals surface area contributed by atoms with Crippen LogP contribution in [-0.2, 0) is 19.1 Å². The van der Waals surface area contributed by atoms with Gasteiger partial charge in [-0.05, 0) is 31.2 Å².